The van der Waals surface area contributed by atoms with Crippen LogP contribution in [0.1, 0.15) is 46.9 Å². The molecular formula is C25H27N7O5S. The van der Waals surface area contributed by atoms with Gasteiger partial charge in [-0.05, 0) is 31.4 Å². The summed E-state index contributed by atoms with van der Waals surface area (Å²) in [4.78, 5) is 35.7. The molecule has 0 spiro atoms. The first kappa shape index (κ1) is 26.7. The maximum atomic E-state index is 12.7. The minimum absolute atomic E-state index is 0.144. The molecule has 1 aliphatic rings. The molecule has 13 heteroatoms. The molecule has 1 aliphatic heterocycles. The molecular weight excluding hydrogens is 510 g/mol. The first-order valence-electron chi connectivity index (χ1n) is 12.1. The number of nitrogens with one attached hydrogen (secondary N) is 1. The third-order valence-corrected chi connectivity index (χ3v) is 7.32. The van der Waals surface area contributed by atoms with Crippen LogP contribution in [0, 0.1) is 17.2 Å². The molecule has 0 bridgehead atoms. The summed E-state index contributed by atoms with van der Waals surface area (Å²) in [5.74, 6) is -1.54. The van der Waals surface area contributed by atoms with E-state index in [2.05, 4.69) is 25.9 Å². The largest absolute Gasteiger partial charge is 0.462 e. The quantitative estimate of drug-likeness (QED) is 0.397. The molecule has 0 atom stereocenters. The lowest BCUT2D eigenvalue weighted by molar-refractivity contribution is -0.123. The molecule has 1 amide bonds. The van der Waals surface area contributed by atoms with Crippen LogP contribution in [0.4, 0.5) is 5.82 Å². The molecule has 0 radical (unpaired) electrons. The Morgan fingerprint density at radius 2 is 1.95 bits per heavy atom. The molecule has 1 saturated heterocycles. The van der Waals surface area contributed by atoms with Crippen molar-refractivity contribution in [2.75, 3.05) is 24.6 Å². The second kappa shape index (κ2) is 11.8. The maximum Gasteiger partial charge on any atom is 0.340 e. The molecule has 0 unspecified atom stereocenters. The highest BCUT2D eigenvalue weighted by atomic mass is 32.2. The number of rotatable bonds is 9. The zero-order valence-corrected chi connectivity index (χ0v) is 21.6. The number of hydrogen-bond acceptors (Lipinski definition) is 10. The normalized spacial score (nSPS) is 14.1. The smallest absolute Gasteiger partial charge is 0.340 e. The number of carbonyl (C=O) groups is 2. The van der Waals surface area contributed by atoms with Gasteiger partial charge in [-0.15, -0.1) is 0 Å². The van der Waals surface area contributed by atoms with Crippen LogP contribution in [0.2, 0.25) is 0 Å². The second-order valence-corrected chi connectivity index (χ2v) is 10.5. The van der Waals surface area contributed by atoms with E-state index in [9.17, 15) is 23.3 Å². The van der Waals surface area contributed by atoms with Crippen molar-refractivity contribution in [1.29, 1.82) is 5.26 Å². The summed E-state index contributed by atoms with van der Waals surface area (Å²) in [5.41, 5.74) is 1.32. The summed E-state index contributed by atoms with van der Waals surface area (Å²) in [5, 5.41) is 13.9. The highest BCUT2D eigenvalue weighted by Gasteiger charge is 2.30. The second-order valence-electron chi connectivity index (χ2n) is 8.75. The number of nitriles is 1. The number of esters is 1. The Balaban J connectivity index is 1.48. The van der Waals surface area contributed by atoms with Crippen LogP contribution in [0.15, 0.2) is 49.1 Å². The lowest BCUT2D eigenvalue weighted by Gasteiger charge is -2.33. The Labute approximate surface area is 220 Å². The van der Waals surface area contributed by atoms with Crippen LogP contribution < -0.4 is 9.62 Å². The van der Waals surface area contributed by atoms with Gasteiger partial charge >= 0.3 is 5.97 Å². The van der Waals surface area contributed by atoms with Gasteiger partial charge in [0.05, 0.1) is 35.7 Å². The fourth-order valence-electron chi connectivity index (χ4n) is 4.26. The predicted molar refractivity (Wildman–Crippen MR) is 136 cm³/mol. The molecule has 1 N–H and O–H groups in total. The number of anilines is 1. The van der Waals surface area contributed by atoms with E-state index < -0.39 is 27.8 Å². The summed E-state index contributed by atoms with van der Waals surface area (Å²) in [7, 11) is -3.83. The van der Waals surface area contributed by atoms with Gasteiger partial charge in [0.25, 0.3) is 0 Å². The predicted octanol–water partition coefficient (Wildman–Crippen LogP) is 1.63. The minimum Gasteiger partial charge on any atom is -0.462 e. The highest BCUT2D eigenvalue weighted by Crippen LogP contribution is 2.27. The van der Waals surface area contributed by atoms with Crippen LogP contribution in [-0.2, 0) is 31.9 Å². The van der Waals surface area contributed by atoms with Gasteiger partial charge in [-0.3, -0.25) is 9.52 Å². The average molecular weight is 538 g/mol. The van der Waals surface area contributed by atoms with Gasteiger partial charge in [0.1, 0.15) is 24.5 Å². The van der Waals surface area contributed by atoms with Gasteiger partial charge in [0.2, 0.25) is 15.9 Å². The number of piperidine rings is 1. The van der Waals surface area contributed by atoms with Gasteiger partial charge in [0, 0.05) is 19.0 Å². The van der Waals surface area contributed by atoms with Crippen molar-refractivity contribution < 1.29 is 22.7 Å². The number of pyridine rings is 1. The van der Waals surface area contributed by atoms with Crippen LogP contribution in [-0.4, -0.2) is 59.7 Å². The zero-order chi connectivity index (χ0) is 27.1. The number of sulfonamides is 1. The molecule has 4 rings (SSSR count). The molecule has 12 nitrogen and oxygen atoms in total. The Bertz CT molecular complexity index is 1430. The van der Waals surface area contributed by atoms with E-state index in [0.717, 1.165) is 0 Å². The molecule has 0 saturated carbocycles. The minimum atomic E-state index is -3.83. The Morgan fingerprint density at radius 1 is 1.21 bits per heavy atom. The number of aromatic nitrogens is 4. The highest BCUT2D eigenvalue weighted by molar-refractivity contribution is 7.89. The molecule has 3 aromatic rings. The van der Waals surface area contributed by atoms with E-state index in [4.69, 9.17) is 4.74 Å². The first-order chi connectivity index (χ1) is 18.3. The summed E-state index contributed by atoms with van der Waals surface area (Å²) >= 11 is 0. The number of nitrogens with zero attached hydrogens (tertiary/aromatic N) is 6. The number of benzene rings is 1. The van der Waals surface area contributed by atoms with Gasteiger partial charge in [-0.25, -0.2) is 27.9 Å². The SMILES string of the molecule is CCOC(=O)c1cc(C#N)c(N2CCC(C(=O)NS(=O)(=O)Cc3ccccc3)CC2)nc1Cn1cncn1. The number of carbonyl (C=O) groups excluding carboxylic acids is 2. The molecule has 38 heavy (non-hydrogen) atoms. The van der Waals surface area contributed by atoms with Crippen molar-refractivity contribution in [1.82, 2.24) is 24.5 Å². The molecule has 1 fully saturated rings. The summed E-state index contributed by atoms with van der Waals surface area (Å²) in [6, 6.07) is 12.2. The van der Waals surface area contributed by atoms with Crippen LogP contribution in [0.5, 0.6) is 0 Å². The molecule has 3 heterocycles. The van der Waals surface area contributed by atoms with E-state index in [1.165, 1.54) is 23.4 Å². The first-order valence-corrected chi connectivity index (χ1v) is 13.7. The Kier molecular flexibility index (Phi) is 8.32. The molecule has 2 aromatic heterocycles. The van der Waals surface area contributed by atoms with Crippen LogP contribution in [0.3, 0.4) is 0 Å². The van der Waals surface area contributed by atoms with E-state index in [1.54, 1.807) is 37.3 Å². The Hall–Kier alpha value is -4.31. The van der Waals surface area contributed by atoms with Crippen molar-refractivity contribution in [3.8, 4) is 6.07 Å². The standard InChI is InChI=1S/C25H27N7O5S/c1-2-37-25(34)21-12-20(13-26)23(29-22(21)14-32-17-27-16-28-32)31-10-8-19(9-11-31)24(33)30-38(35,36)15-18-6-4-3-5-7-18/h3-7,12,16-17,19H,2,8-11,14-15H2,1H3,(H,30,33). The van der Waals surface area contributed by atoms with Gasteiger partial charge < -0.3 is 9.64 Å². The fraction of sp³-hybridized carbons (Fsp3) is 0.360. The lowest BCUT2D eigenvalue weighted by atomic mass is 9.96. The topological polar surface area (TPSA) is 160 Å². The molecule has 1 aromatic carbocycles. The summed E-state index contributed by atoms with van der Waals surface area (Å²) in [6.07, 6.45) is 3.60. The van der Waals surface area contributed by atoms with E-state index in [1.807, 2.05) is 4.90 Å². The zero-order valence-electron chi connectivity index (χ0n) is 20.8. The van der Waals surface area contributed by atoms with Crippen molar-refractivity contribution in [3.05, 3.63) is 71.4 Å². The lowest BCUT2D eigenvalue weighted by Crippen LogP contribution is -2.43. The van der Waals surface area contributed by atoms with E-state index in [0.29, 0.717) is 43.0 Å². The van der Waals surface area contributed by atoms with Crippen molar-refractivity contribution >= 4 is 27.7 Å². The van der Waals surface area contributed by atoms with Gasteiger partial charge in [0.15, 0.2) is 0 Å². The maximum absolute atomic E-state index is 12.7. The fourth-order valence-corrected chi connectivity index (χ4v) is 5.43. The summed E-state index contributed by atoms with van der Waals surface area (Å²) in [6.45, 7) is 2.75. The number of amides is 1. The Morgan fingerprint density at radius 3 is 2.58 bits per heavy atom. The van der Waals surface area contributed by atoms with Crippen LogP contribution >= 0.6 is 0 Å². The van der Waals surface area contributed by atoms with E-state index in [-0.39, 0.29) is 30.0 Å². The van der Waals surface area contributed by atoms with Gasteiger partial charge in [-0.1, -0.05) is 30.3 Å². The van der Waals surface area contributed by atoms with Crippen molar-refractivity contribution in [3.63, 3.8) is 0 Å². The van der Waals surface area contributed by atoms with Gasteiger partial charge in [-0.2, -0.15) is 10.4 Å². The third kappa shape index (κ3) is 6.51. The van der Waals surface area contributed by atoms with E-state index >= 15 is 0 Å². The third-order valence-electron chi connectivity index (χ3n) is 6.10. The van der Waals surface area contributed by atoms with Crippen molar-refractivity contribution in [2.45, 2.75) is 32.1 Å². The molecule has 198 valence electrons. The number of ether oxygens (including phenoxy) is 1. The number of hydrogen-bond donors (Lipinski definition) is 1. The average Bonchev–Trinajstić information content (AvgIpc) is 3.42. The molecule has 0 aliphatic carbocycles. The summed E-state index contributed by atoms with van der Waals surface area (Å²) < 4.78 is 33.8. The van der Waals surface area contributed by atoms with Crippen LogP contribution in [0.25, 0.3) is 0 Å². The van der Waals surface area contributed by atoms with Crippen molar-refractivity contribution in [2.24, 2.45) is 5.92 Å². The monoisotopic (exact) mass is 537 g/mol.